The molecule has 0 fully saturated rings. The second-order valence-corrected chi connectivity index (χ2v) is 9.74. The maximum Gasteiger partial charge on any atom is 0.262 e. The Balaban J connectivity index is 1.64. The molecule has 0 aromatic heterocycles. The van der Waals surface area contributed by atoms with Gasteiger partial charge in [0.25, 0.3) is 10.0 Å². The molecule has 164 valence electrons. The Morgan fingerprint density at radius 3 is 2.38 bits per heavy atom. The summed E-state index contributed by atoms with van der Waals surface area (Å²) in [4.78, 5) is 0.0393. The van der Waals surface area contributed by atoms with Gasteiger partial charge in [-0.05, 0) is 53.9 Å². The SMILES string of the molecule is Cc1cc([C@@H](C#N)c2ccc(Cl)cc2)c(Cl)cc1NS(=O)(=O)c1ccc2c(c1)OCCO2. The van der Waals surface area contributed by atoms with E-state index in [2.05, 4.69) is 10.8 Å². The molecule has 0 saturated heterocycles. The molecule has 0 spiro atoms. The average Bonchev–Trinajstić information content (AvgIpc) is 2.78. The zero-order chi connectivity index (χ0) is 22.9. The van der Waals surface area contributed by atoms with Crippen molar-refractivity contribution in [2.24, 2.45) is 0 Å². The first-order chi connectivity index (χ1) is 15.3. The standard InChI is InChI=1S/C23H18Cl2N2O4S/c1-14-10-18(19(13-26)15-2-4-16(24)5-3-15)20(25)12-21(14)27-32(28,29)17-6-7-22-23(11-17)31-9-8-30-22/h2-7,10-12,19,27H,8-9H2,1H3/t19-/m0/s1. The normalized spacial score (nSPS) is 13.8. The molecule has 1 heterocycles. The maximum absolute atomic E-state index is 13.0. The Hall–Kier alpha value is -2.92. The van der Waals surface area contributed by atoms with Crippen LogP contribution in [-0.4, -0.2) is 21.6 Å². The van der Waals surface area contributed by atoms with Crippen molar-refractivity contribution in [1.82, 2.24) is 0 Å². The predicted molar refractivity (Wildman–Crippen MR) is 123 cm³/mol. The summed E-state index contributed by atoms with van der Waals surface area (Å²) in [6.45, 7) is 2.52. The second kappa shape index (κ2) is 8.91. The van der Waals surface area contributed by atoms with Crippen molar-refractivity contribution in [2.45, 2.75) is 17.7 Å². The molecule has 1 aliphatic rings. The molecule has 6 nitrogen and oxygen atoms in total. The molecule has 3 aromatic carbocycles. The molecule has 1 aliphatic heterocycles. The molecular weight excluding hydrogens is 471 g/mol. The monoisotopic (exact) mass is 488 g/mol. The van der Waals surface area contributed by atoms with Crippen LogP contribution < -0.4 is 14.2 Å². The molecule has 0 radical (unpaired) electrons. The largest absolute Gasteiger partial charge is 0.486 e. The van der Waals surface area contributed by atoms with E-state index in [9.17, 15) is 13.7 Å². The summed E-state index contributed by atoms with van der Waals surface area (Å²) < 4.78 is 39.4. The zero-order valence-electron chi connectivity index (χ0n) is 16.9. The van der Waals surface area contributed by atoms with Crippen LogP contribution >= 0.6 is 23.2 Å². The quantitative estimate of drug-likeness (QED) is 0.509. The molecule has 9 heteroatoms. The van der Waals surface area contributed by atoms with E-state index < -0.39 is 15.9 Å². The lowest BCUT2D eigenvalue weighted by atomic mass is 9.91. The van der Waals surface area contributed by atoms with Crippen LogP contribution in [0.25, 0.3) is 0 Å². The summed E-state index contributed by atoms with van der Waals surface area (Å²) in [7, 11) is -3.91. The summed E-state index contributed by atoms with van der Waals surface area (Å²) in [5.74, 6) is 0.259. The first-order valence-corrected chi connectivity index (χ1v) is 11.9. The third kappa shape index (κ3) is 4.49. The van der Waals surface area contributed by atoms with Gasteiger partial charge in [0.15, 0.2) is 11.5 Å². The molecule has 1 N–H and O–H groups in total. The van der Waals surface area contributed by atoms with Crippen LogP contribution in [0.3, 0.4) is 0 Å². The van der Waals surface area contributed by atoms with Crippen molar-refractivity contribution < 1.29 is 17.9 Å². The number of hydrogen-bond acceptors (Lipinski definition) is 5. The van der Waals surface area contributed by atoms with E-state index in [4.69, 9.17) is 32.7 Å². The first-order valence-electron chi connectivity index (χ1n) is 9.66. The average molecular weight is 489 g/mol. The number of fused-ring (bicyclic) bond motifs is 1. The van der Waals surface area contributed by atoms with E-state index in [1.165, 1.54) is 18.2 Å². The number of nitrogens with one attached hydrogen (secondary N) is 1. The van der Waals surface area contributed by atoms with Gasteiger partial charge in [0.1, 0.15) is 13.2 Å². The third-order valence-corrected chi connectivity index (χ3v) is 7.00. The van der Waals surface area contributed by atoms with E-state index in [0.717, 1.165) is 5.56 Å². The number of halogens is 2. The molecule has 0 aliphatic carbocycles. The second-order valence-electron chi connectivity index (χ2n) is 7.21. The van der Waals surface area contributed by atoms with Gasteiger partial charge in [-0.1, -0.05) is 41.4 Å². The van der Waals surface area contributed by atoms with Gasteiger partial charge in [0.2, 0.25) is 0 Å². The number of nitrogens with zero attached hydrogens (tertiary/aromatic N) is 1. The van der Waals surface area contributed by atoms with Gasteiger partial charge in [-0.15, -0.1) is 0 Å². The fourth-order valence-electron chi connectivity index (χ4n) is 3.41. The summed E-state index contributed by atoms with van der Waals surface area (Å²) in [6.07, 6.45) is 0. The molecule has 0 bridgehead atoms. The minimum atomic E-state index is -3.91. The van der Waals surface area contributed by atoms with Crippen molar-refractivity contribution >= 4 is 38.9 Å². The lowest BCUT2D eigenvalue weighted by Gasteiger charge is -2.19. The van der Waals surface area contributed by atoms with Crippen LogP contribution in [0.5, 0.6) is 11.5 Å². The fourth-order valence-corrected chi connectivity index (χ4v) is 4.94. The van der Waals surface area contributed by atoms with Gasteiger partial charge < -0.3 is 9.47 Å². The summed E-state index contributed by atoms with van der Waals surface area (Å²) in [5.41, 5.74) is 2.26. The van der Waals surface area contributed by atoms with Crippen LogP contribution in [0.1, 0.15) is 22.6 Å². The van der Waals surface area contributed by atoms with E-state index in [1.807, 2.05) is 0 Å². The number of rotatable bonds is 5. The van der Waals surface area contributed by atoms with Gasteiger partial charge in [-0.3, -0.25) is 4.72 Å². The van der Waals surface area contributed by atoms with Crippen molar-refractivity contribution in [1.29, 1.82) is 5.26 Å². The van der Waals surface area contributed by atoms with Crippen LogP contribution in [0.4, 0.5) is 5.69 Å². The van der Waals surface area contributed by atoms with Crippen molar-refractivity contribution in [3.63, 3.8) is 0 Å². The number of hydrogen-bond donors (Lipinski definition) is 1. The summed E-state index contributed by atoms with van der Waals surface area (Å²) >= 11 is 12.4. The molecule has 0 amide bonds. The summed E-state index contributed by atoms with van der Waals surface area (Å²) in [6, 6.07) is 16.9. The Morgan fingerprint density at radius 2 is 1.69 bits per heavy atom. The van der Waals surface area contributed by atoms with Crippen LogP contribution in [0, 0.1) is 18.3 Å². The molecule has 3 aromatic rings. The first kappa shape index (κ1) is 22.3. The number of benzene rings is 3. The molecular formula is C23H18Cl2N2O4S. The minimum Gasteiger partial charge on any atom is -0.486 e. The van der Waals surface area contributed by atoms with E-state index in [1.54, 1.807) is 43.3 Å². The number of nitriles is 1. The van der Waals surface area contributed by atoms with E-state index >= 15 is 0 Å². The highest BCUT2D eigenvalue weighted by Gasteiger charge is 2.23. The van der Waals surface area contributed by atoms with E-state index in [0.29, 0.717) is 46.5 Å². The highest BCUT2D eigenvalue weighted by Crippen LogP contribution is 2.36. The zero-order valence-corrected chi connectivity index (χ0v) is 19.3. The van der Waals surface area contributed by atoms with Crippen LogP contribution in [-0.2, 0) is 10.0 Å². The molecule has 0 unspecified atom stereocenters. The number of aryl methyl sites for hydroxylation is 1. The lowest BCUT2D eigenvalue weighted by Crippen LogP contribution is -2.17. The Bertz CT molecular complexity index is 1320. The fraction of sp³-hybridized carbons (Fsp3) is 0.174. The molecule has 32 heavy (non-hydrogen) atoms. The number of ether oxygens (including phenoxy) is 2. The van der Waals surface area contributed by atoms with Gasteiger partial charge in [-0.25, -0.2) is 8.42 Å². The lowest BCUT2D eigenvalue weighted by molar-refractivity contribution is 0.171. The minimum absolute atomic E-state index is 0.0393. The molecule has 1 atom stereocenters. The van der Waals surface area contributed by atoms with Gasteiger partial charge >= 0.3 is 0 Å². The third-order valence-electron chi connectivity index (χ3n) is 5.06. The summed E-state index contributed by atoms with van der Waals surface area (Å²) in [5, 5.41) is 10.6. The maximum atomic E-state index is 13.0. The molecule has 0 saturated carbocycles. The number of sulfonamides is 1. The Labute approximate surface area is 196 Å². The smallest absolute Gasteiger partial charge is 0.262 e. The predicted octanol–water partition coefficient (Wildman–Crippen LogP) is 5.53. The number of anilines is 1. The Kier molecular flexibility index (Phi) is 6.20. The van der Waals surface area contributed by atoms with E-state index in [-0.39, 0.29) is 9.92 Å². The Morgan fingerprint density at radius 1 is 1.00 bits per heavy atom. The van der Waals surface area contributed by atoms with Crippen molar-refractivity contribution in [3.8, 4) is 17.6 Å². The van der Waals surface area contributed by atoms with Gasteiger partial charge in [0.05, 0.1) is 22.6 Å². The van der Waals surface area contributed by atoms with Crippen LogP contribution in [0.2, 0.25) is 10.0 Å². The van der Waals surface area contributed by atoms with Crippen molar-refractivity contribution in [3.05, 3.63) is 81.3 Å². The van der Waals surface area contributed by atoms with Gasteiger partial charge in [0, 0.05) is 16.1 Å². The topological polar surface area (TPSA) is 88.4 Å². The highest BCUT2D eigenvalue weighted by atomic mass is 35.5. The van der Waals surface area contributed by atoms with Gasteiger partial charge in [-0.2, -0.15) is 5.26 Å². The highest BCUT2D eigenvalue weighted by molar-refractivity contribution is 7.92. The molecule has 4 rings (SSSR count). The van der Waals surface area contributed by atoms with Crippen LogP contribution in [0.15, 0.2) is 59.5 Å². The van der Waals surface area contributed by atoms with Crippen molar-refractivity contribution in [2.75, 3.05) is 17.9 Å².